The van der Waals surface area contributed by atoms with E-state index in [1.165, 1.54) is 12.7 Å². The lowest BCUT2D eigenvalue weighted by Gasteiger charge is -2.23. The summed E-state index contributed by atoms with van der Waals surface area (Å²) in [5.41, 5.74) is 1.90. The maximum absolute atomic E-state index is 12.9. The predicted molar refractivity (Wildman–Crippen MR) is 101 cm³/mol. The van der Waals surface area contributed by atoms with Gasteiger partial charge in [0.05, 0.1) is 12.2 Å². The summed E-state index contributed by atoms with van der Waals surface area (Å²) in [6, 6.07) is 10.6. The highest BCUT2D eigenvalue weighted by molar-refractivity contribution is 6.02. The fourth-order valence-electron chi connectivity index (χ4n) is 3.27. The number of amides is 2. The molecule has 144 valence electrons. The minimum atomic E-state index is -0.433. The maximum Gasteiger partial charge on any atom is 0.276 e. The van der Waals surface area contributed by atoms with Gasteiger partial charge in [-0.3, -0.25) is 14.3 Å². The topological polar surface area (TPSA) is 97.9 Å². The fourth-order valence-corrected chi connectivity index (χ4v) is 3.27. The Labute approximate surface area is 162 Å². The van der Waals surface area contributed by atoms with Gasteiger partial charge in [0.25, 0.3) is 5.91 Å². The van der Waals surface area contributed by atoms with Crippen molar-refractivity contribution >= 4 is 17.5 Å². The summed E-state index contributed by atoms with van der Waals surface area (Å²) in [7, 11) is 0. The van der Waals surface area contributed by atoms with Gasteiger partial charge in [0, 0.05) is 18.8 Å². The highest BCUT2D eigenvalue weighted by Gasteiger charge is 2.26. The standard InChI is InChI=1S/C19H21N7O2/c1-14(26-13-20-12-21-26)19(28)24-8-5-9-25-16(11-24)10-17(23-25)18(27)22-15-6-3-2-4-7-15/h2-4,6-7,10,12-14H,5,8-9,11H2,1H3,(H,22,27)/t14-/m0/s1. The summed E-state index contributed by atoms with van der Waals surface area (Å²) in [4.78, 5) is 31.1. The normalized spacial score (nSPS) is 14.8. The summed E-state index contributed by atoms with van der Waals surface area (Å²) < 4.78 is 3.36. The van der Waals surface area contributed by atoms with Crippen LogP contribution in [0.25, 0.3) is 0 Å². The van der Waals surface area contributed by atoms with Crippen molar-refractivity contribution in [3.05, 3.63) is 60.4 Å². The largest absolute Gasteiger partial charge is 0.335 e. The number of benzene rings is 1. The molecule has 2 aromatic heterocycles. The van der Waals surface area contributed by atoms with Crippen LogP contribution in [0.3, 0.4) is 0 Å². The second-order valence-corrected chi connectivity index (χ2v) is 6.73. The highest BCUT2D eigenvalue weighted by Crippen LogP contribution is 2.18. The third kappa shape index (κ3) is 3.64. The molecular formula is C19H21N7O2. The monoisotopic (exact) mass is 379 g/mol. The van der Waals surface area contributed by atoms with Crippen LogP contribution >= 0.6 is 0 Å². The van der Waals surface area contributed by atoms with E-state index in [0.29, 0.717) is 31.0 Å². The van der Waals surface area contributed by atoms with E-state index in [2.05, 4.69) is 20.5 Å². The van der Waals surface area contributed by atoms with Crippen LogP contribution < -0.4 is 5.32 Å². The Morgan fingerprint density at radius 3 is 2.75 bits per heavy atom. The third-order valence-corrected chi connectivity index (χ3v) is 4.78. The summed E-state index contributed by atoms with van der Waals surface area (Å²) in [5.74, 6) is -0.295. The molecule has 1 N–H and O–H groups in total. The van der Waals surface area contributed by atoms with Crippen molar-refractivity contribution < 1.29 is 9.59 Å². The number of rotatable bonds is 4. The van der Waals surface area contributed by atoms with Crippen molar-refractivity contribution in [1.82, 2.24) is 29.4 Å². The van der Waals surface area contributed by atoms with Crippen molar-refractivity contribution in [3.8, 4) is 0 Å². The van der Waals surface area contributed by atoms with Gasteiger partial charge in [-0.15, -0.1) is 0 Å². The molecule has 0 saturated heterocycles. The number of anilines is 1. The predicted octanol–water partition coefficient (Wildman–Crippen LogP) is 1.72. The number of carbonyl (C=O) groups excluding carboxylic acids is 2. The number of fused-ring (bicyclic) bond motifs is 1. The second-order valence-electron chi connectivity index (χ2n) is 6.73. The zero-order chi connectivity index (χ0) is 19.5. The molecule has 2 amide bonds. The van der Waals surface area contributed by atoms with Crippen LogP contribution in [0, 0.1) is 0 Å². The zero-order valence-corrected chi connectivity index (χ0v) is 15.5. The number of hydrogen-bond acceptors (Lipinski definition) is 5. The first-order valence-corrected chi connectivity index (χ1v) is 9.18. The molecule has 0 unspecified atom stereocenters. The maximum atomic E-state index is 12.9. The van der Waals surface area contributed by atoms with Crippen molar-refractivity contribution in [2.75, 3.05) is 11.9 Å². The third-order valence-electron chi connectivity index (χ3n) is 4.78. The molecule has 1 aliphatic heterocycles. The molecule has 1 aliphatic rings. The first-order chi connectivity index (χ1) is 13.6. The van der Waals surface area contributed by atoms with Crippen LogP contribution in [0.1, 0.15) is 35.6 Å². The van der Waals surface area contributed by atoms with E-state index < -0.39 is 6.04 Å². The Kier molecular flexibility index (Phi) is 4.88. The van der Waals surface area contributed by atoms with Crippen molar-refractivity contribution in [3.63, 3.8) is 0 Å². The highest BCUT2D eigenvalue weighted by atomic mass is 16.2. The number of nitrogens with zero attached hydrogens (tertiary/aromatic N) is 6. The molecule has 1 aromatic carbocycles. The Hall–Kier alpha value is -3.49. The van der Waals surface area contributed by atoms with Gasteiger partial charge >= 0.3 is 0 Å². The number of aryl methyl sites for hydroxylation is 1. The van der Waals surface area contributed by atoms with Gasteiger partial charge in [-0.2, -0.15) is 10.2 Å². The van der Waals surface area contributed by atoms with Gasteiger partial charge in [0.15, 0.2) is 5.69 Å². The molecular weight excluding hydrogens is 358 g/mol. The van der Waals surface area contributed by atoms with Crippen molar-refractivity contribution in [2.45, 2.75) is 32.5 Å². The van der Waals surface area contributed by atoms with Gasteiger partial charge in [0.2, 0.25) is 5.91 Å². The summed E-state index contributed by atoms with van der Waals surface area (Å²) in [6.07, 6.45) is 3.72. The Bertz CT molecular complexity index is 966. The minimum Gasteiger partial charge on any atom is -0.335 e. The molecule has 0 bridgehead atoms. The van der Waals surface area contributed by atoms with Crippen molar-refractivity contribution in [1.29, 1.82) is 0 Å². The average Bonchev–Trinajstić information content (AvgIpc) is 3.34. The van der Waals surface area contributed by atoms with Crippen LogP contribution in [-0.2, 0) is 17.9 Å². The quantitative estimate of drug-likeness (QED) is 0.744. The molecule has 4 rings (SSSR count). The van der Waals surface area contributed by atoms with Crippen LogP contribution in [0.2, 0.25) is 0 Å². The van der Waals surface area contributed by atoms with E-state index in [0.717, 1.165) is 12.1 Å². The summed E-state index contributed by atoms with van der Waals surface area (Å²) in [6.45, 7) is 3.50. The average molecular weight is 379 g/mol. The molecule has 0 aliphatic carbocycles. The second kappa shape index (κ2) is 7.63. The van der Waals surface area contributed by atoms with Gasteiger partial charge < -0.3 is 10.2 Å². The van der Waals surface area contributed by atoms with E-state index in [4.69, 9.17) is 0 Å². The smallest absolute Gasteiger partial charge is 0.276 e. The molecule has 3 heterocycles. The fraction of sp³-hybridized carbons (Fsp3) is 0.316. The Balaban J connectivity index is 1.49. The van der Waals surface area contributed by atoms with E-state index >= 15 is 0 Å². The molecule has 0 fully saturated rings. The number of nitrogens with one attached hydrogen (secondary N) is 1. The SMILES string of the molecule is C[C@@H](C(=O)N1CCCn2nc(C(=O)Nc3ccccc3)cc2C1)n1cncn1. The molecule has 0 spiro atoms. The number of para-hydroxylation sites is 1. The number of carbonyl (C=O) groups is 2. The molecule has 9 heteroatoms. The zero-order valence-electron chi connectivity index (χ0n) is 15.5. The van der Waals surface area contributed by atoms with Gasteiger partial charge in [-0.05, 0) is 31.5 Å². The Morgan fingerprint density at radius 2 is 2.00 bits per heavy atom. The van der Waals surface area contributed by atoms with E-state index in [1.54, 1.807) is 22.6 Å². The lowest BCUT2D eigenvalue weighted by atomic mass is 10.2. The van der Waals surface area contributed by atoms with Crippen LogP contribution in [0.5, 0.6) is 0 Å². The van der Waals surface area contributed by atoms with E-state index in [-0.39, 0.29) is 11.8 Å². The summed E-state index contributed by atoms with van der Waals surface area (Å²) >= 11 is 0. The molecule has 3 aromatic rings. The van der Waals surface area contributed by atoms with Crippen LogP contribution in [0.15, 0.2) is 49.1 Å². The molecule has 28 heavy (non-hydrogen) atoms. The minimum absolute atomic E-state index is 0.0320. The van der Waals surface area contributed by atoms with Crippen LogP contribution in [-0.4, -0.2) is 47.8 Å². The van der Waals surface area contributed by atoms with Gasteiger partial charge in [-0.25, -0.2) is 9.67 Å². The molecule has 0 saturated carbocycles. The van der Waals surface area contributed by atoms with E-state index in [1.807, 2.05) is 35.0 Å². The first kappa shape index (κ1) is 17.9. The number of aromatic nitrogens is 5. The molecule has 1 atom stereocenters. The molecule has 0 radical (unpaired) electrons. The first-order valence-electron chi connectivity index (χ1n) is 9.18. The van der Waals surface area contributed by atoms with Crippen LogP contribution in [0.4, 0.5) is 5.69 Å². The Morgan fingerprint density at radius 1 is 1.18 bits per heavy atom. The van der Waals surface area contributed by atoms with E-state index in [9.17, 15) is 9.59 Å². The van der Waals surface area contributed by atoms with Gasteiger partial charge in [0.1, 0.15) is 18.7 Å². The summed E-state index contributed by atoms with van der Waals surface area (Å²) in [5, 5.41) is 11.3. The van der Waals surface area contributed by atoms with Gasteiger partial charge in [-0.1, -0.05) is 18.2 Å². The lowest BCUT2D eigenvalue weighted by molar-refractivity contribution is -0.135. The molecule has 9 nitrogen and oxygen atoms in total. The van der Waals surface area contributed by atoms with Crippen molar-refractivity contribution in [2.24, 2.45) is 0 Å². The lowest BCUT2D eigenvalue weighted by Crippen LogP contribution is -2.36. The number of hydrogen-bond donors (Lipinski definition) is 1.